The van der Waals surface area contributed by atoms with Gasteiger partial charge in [-0.1, -0.05) is 9.61 Å². The van der Waals surface area contributed by atoms with Gasteiger partial charge in [0.25, 0.3) is 0 Å². The molecule has 0 bridgehead atoms. The van der Waals surface area contributed by atoms with Gasteiger partial charge in [0.05, 0.1) is 11.5 Å². The summed E-state index contributed by atoms with van der Waals surface area (Å²) in [6.07, 6.45) is -0.252. The molecule has 116 valence electrons. The number of ether oxygens (including phenoxy) is 2. The van der Waals surface area contributed by atoms with E-state index in [0.29, 0.717) is 0 Å². The van der Waals surface area contributed by atoms with Crippen LogP contribution in [0.3, 0.4) is 0 Å². The average Bonchev–Trinajstić information content (AvgIpc) is 2.26. The van der Waals surface area contributed by atoms with Gasteiger partial charge in [0, 0.05) is 0 Å². The predicted octanol–water partition coefficient (Wildman–Crippen LogP) is 2.14. The molecule has 20 heavy (non-hydrogen) atoms. The van der Waals surface area contributed by atoms with E-state index in [1.807, 2.05) is 0 Å². The van der Waals surface area contributed by atoms with E-state index in [4.69, 9.17) is 14.0 Å². The van der Waals surface area contributed by atoms with E-state index >= 15 is 0 Å². The van der Waals surface area contributed by atoms with Crippen LogP contribution < -0.4 is 5.09 Å². The summed E-state index contributed by atoms with van der Waals surface area (Å²) < 4.78 is 26.0. The van der Waals surface area contributed by atoms with Gasteiger partial charge < -0.3 is 9.47 Å². The van der Waals surface area contributed by atoms with Crippen LogP contribution in [0.2, 0.25) is 0 Å². The standard InChI is InChI=1S/C12H23NO6P/c1-8(2)19-10(14)9(3)13-20(16)18-7-17-11(15)12(4,5)6/h8-9H,7H2,1-6H3,(H,13,16)/q+1/t9-/m0/s1. The Hall–Kier alpha value is -1.04. The van der Waals surface area contributed by atoms with Gasteiger partial charge in [0.2, 0.25) is 6.79 Å². The van der Waals surface area contributed by atoms with Crippen LogP contribution in [0.25, 0.3) is 0 Å². The summed E-state index contributed by atoms with van der Waals surface area (Å²) in [7, 11) is -2.32. The third-order valence-electron chi connectivity index (χ3n) is 1.98. The van der Waals surface area contributed by atoms with Crippen molar-refractivity contribution in [2.24, 2.45) is 5.41 Å². The van der Waals surface area contributed by atoms with Crippen LogP contribution in [0, 0.1) is 5.41 Å². The van der Waals surface area contributed by atoms with Gasteiger partial charge in [-0.25, -0.2) is 0 Å². The van der Waals surface area contributed by atoms with Gasteiger partial charge in [-0.05, 0) is 46.1 Å². The van der Waals surface area contributed by atoms with Gasteiger partial charge in [-0.15, -0.1) is 0 Å². The molecule has 0 amide bonds. The van der Waals surface area contributed by atoms with Crippen LogP contribution >= 0.6 is 8.18 Å². The molecule has 0 rings (SSSR count). The number of nitrogens with one attached hydrogen (secondary N) is 1. The Bertz CT molecular complexity index is 363. The second-order valence-corrected chi connectivity index (χ2v) is 6.55. The molecular formula is C12H23NO6P+. The van der Waals surface area contributed by atoms with E-state index in [1.165, 1.54) is 6.92 Å². The fourth-order valence-electron chi connectivity index (χ4n) is 0.927. The molecule has 0 aromatic heterocycles. The van der Waals surface area contributed by atoms with Crippen LogP contribution in [0.4, 0.5) is 0 Å². The molecule has 0 spiro atoms. The minimum Gasteiger partial charge on any atom is -0.462 e. The monoisotopic (exact) mass is 308 g/mol. The molecule has 0 aliphatic heterocycles. The Morgan fingerprint density at radius 3 is 2.20 bits per heavy atom. The summed E-state index contributed by atoms with van der Waals surface area (Å²) in [5.74, 6) is -0.994. The quantitative estimate of drug-likeness (QED) is 0.437. The van der Waals surface area contributed by atoms with Gasteiger partial charge in [-0.2, -0.15) is 0 Å². The Morgan fingerprint density at radius 2 is 1.75 bits per heavy atom. The molecule has 0 heterocycles. The zero-order valence-corrected chi connectivity index (χ0v) is 13.7. The van der Waals surface area contributed by atoms with Crippen molar-refractivity contribution in [1.29, 1.82) is 0 Å². The summed E-state index contributed by atoms with van der Waals surface area (Å²) in [6, 6.07) is -0.778. The molecule has 0 radical (unpaired) electrons. The van der Waals surface area contributed by atoms with Gasteiger partial charge in [0.1, 0.15) is 6.04 Å². The van der Waals surface area contributed by atoms with Crippen LogP contribution in [0.5, 0.6) is 0 Å². The molecule has 2 atom stereocenters. The highest BCUT2D eigenvalue weighted by molar-refractivity contribution is 7.36. The lowest BCUT2D eigenvalue weighted by molar-refractivity contribution is -0.159. The maximum atomic E-state index is 11.5. The molecule has 0 aliphatic carbocycles. The number of hydrogen-bond donors (Lipinski definition) is 1. The van der Waals surface area contributed by atoms with Crippen molar-refractivity contribution in [1.82, 2.24) is 5.09 Å². The first-order valence-electron chi connectivity index (χ1n) is 6.28. The molecule has 8 heteroatoms. The molecule has 1 unspecified atom stereocenters. The van der Waals surface area contributed by atoms with E-state index in [1.54, 1.807) is 34.6 Å². The van der Waals surface area contributed by atoms with Gasteiger partial charge in [-0.3, -0.25) is 9.59 Å². The second-order valence-electron chi connectivity index (χ2n) is 5.52. The average molecular weight is 308 g/mol. The molecule has 0 saturated heterocycles. The maximum Gasteiger partial charge on any atom is 0.617 e. The van der Waals surface area contributed by atoms with Crippen molar-refractivity contribution in [2.45, 2.75) is 53.7 Å². The van der Waals surface area contributed by atoms with E-state index in [0.717, 1.165) is 0 Å². The van der Waals surface area contributed by atoms with Gasteiger partial charge in [0.15, 0.2) is 0 Å². The van der Waals surface area contributed by atoms with Crippen molar-refractivity contribution in [3.05, 3.63) is 0 Å². The van der Waals surface area contributed by atoms with Crippen molar-refractivity contribution in [3.8, 4) is 0 Å². The zero-order chi connectivity index (χ0) is 15.9. The first-order chi connectivity index (χ1) is 9.04. The van der Waals surface area contributed by atoms with E-state index in [-0.39, 0.29) is 6.10 Å². The largest absolute Gasteiger partial charge is 0.617 e. The van der Waals surface area contributed by atoms with E-state index in [9.17, 15) is 14.2 Å². The fourth-order valence-corrected chi connectivity index (χ4v) is 1.57. The molecular weight excluding hydrogens is 285 g/mol. The molecule has 0 aromatic rings. The van der Waals surface area contributed by atoms with Crippen molar-refractivity contribution >= 4 is 20.1 Å². The molecule has 0 saturated carbocycles. The SMILES string of the molecule is CC(C)OC(=O)[C@H](C)N[P+](=O)OCOC(=O)C(C)(C)C. The summed E-state index contributed by atoms with van der Waals surface area (Å²) in [4.78, 5) is 22.9. The lowest BCUT2D eigenvalue weighted by Gasteiger charge is -2.14. The number of carbonyl (C=O) groups excluding carboxylic acids is 2. The lowest BCUT2D eigenvalue weighted by Crippen LogP contribution is -2.33. The number of esters is 2. The highest BCUT2D eigenvalue weighted by atomic mass is 31.1. The Labute approximate surface area is 120 Å². The maximum absolute atomic E-state index is 11.5. The summed E-state index contributed by atoms with van der Waals surface area (Å²) in [6.45, 7) is 9.57. The van der Waals surface area contributed by atoms with E-state index < -0.39 is 38.4 Å². The minimum atomic E-state index is -2.32. The predicted molar refractivity (Wildman–Crippen MR) is 72.9 cm³/mol. The summed E-state index contributed by atoms with van der Waals surface area (Å²) >= 11 is 0. The molecule has 1 N–H and O–H groups in total. The lowest BCUT2D eigenvalue weighted by atomic mass is 9.98. The molecule has 0 fully saturated rings. The van der Waals surface area contributed by atoms with Crippen molar-refractivity contribution in [2.75, 3.05) is 6.79 Å². The Kier molecular flexibility index (Phi) is 7.86. The minimum absolute atomic E-state index is 0.252. The number of carbonyl (C=O) groups is 2. The van der Waals surface area contributed by atoms with E-state index in [2.05, 4.69) is 5.09 Å². The highest BCUT2D eigenvalue weighted by Gasteiger charge is 2.29. The van der Waals surface area contributed by atoms with Crippen LogP contribution in [0.1, 0.15) is 41.5 Å². The molecule has 0 aromatic carbocycles. The van der Waals surface area contributed by atoms with Crippen molar-refractivity contribution < 1.29 is 28.2 Å². The number of hydrogen-bond acceptors (Lipinski definition) is 6. The van der Waals surface area contributed by atoms with Crippen LogP contribution in [-0.4, -0.2) is 30.9 Å². The van der Waals surface area contributed by atoms with Crippen LogP contribution in [0.15, 0.2) is 0 Å². The first kappa shape index (κ1) is 19.0. The third-order valence-corrected chi connectivity index (χ3v) is 2.91. The second kappa shape index (κ2) is 8.29. The van der Waals surface area contributed by atoms with Gasteiger partial charge >= 0.3 is 20.1 Å². The molecule has 7 nitrogen and oxygen atoms in total. The fraction of sp³-hybridized carbons (Fsp3) is 0.833. The third kappa shape index (κ3) is 8.19. The van der Waals surface area contributed by atoms with Crippen LogP contribution in [-0.2, 0) is 28.2 Å². The Balaban J connectivity index is 4.01. The summed E-state index contributed by atoms with van der Waals surface area (Å²) in [5, 5.41) is 2.42. The smallest absolute Gasteiger partial charge is 0.462 e. The van der Waals surface area contributed by atoms with Crippen molar-refractivity contribution in [3.63, 3.8) is 0 Å². The highest BCUT2D eigenvalue weighted by Crippen LogP contribution is 2.20. The summed E-state index contributed by atoms with van der Waals surface area (Å²) in [5.41, 5.74) is -0.656. The molecule has 0 aliphatic rings. The first-order valence-corrected chi connectivity index (χ1v) is 7.46. The topological polar surface area (TPSA) is 90.9 Å². The normalized spacial score (nSPS) is 13.8. The zero-order valence-electron chi connectivity index (χ0n) is 12.8. The Morgan fingerprint density at radius 1 is 1.20 bits per heavy atom. The number of rotatable bonds is 7.